The summed E-state index contributed by atoms with van der Waals surface area (Å²) in [5.74, 6) is 0.243. The van der Waals surface area contributed by atoms with Crippen LogP contribution in [0.15, 0.2) is 12.3 Å². The normalized spacial score (nSPS) is 17.3. The summed E-state index contributed by atoms with van der Waals surface area (Å²) in [5, 5.41) is 3.32. The van der Waals surface area contributed by atoms with E-state index in [-0.39, 0.29) is 5.97 Å². The van der Waals surface area contributed by atoms with Gasteiger partial charge in [0.15, 0.2) is 0 Å². The quantitative estimate of drug-likeness (QED) is 0.765. The third-order valence-corrected chi connectivity index (χ3v) is 3.04. The van der Waals surface area contributed by atoms with Crippen LogP contribution < -0.4 is 5.32 Å². The molecule has 2 heterocycles. The van der Waals surface area contributed by atoms with Crippen LogP contribution in [0.1, 0.15) is 41.7 Å². The SMILES string of the molecule is CCOC(=O)c1[nH]ccc1C1CCNCC1. The molecule has 16 heavy (non-hydrogen) atoms. The molecule has 4 nitrogen and oxygen atoms in total. The molecule has 1 aliphatic heterocycles. The molecule has 0 atom stereocenters. The fourth-order valence-corrected chi connectivity index (χ4v) is 2.23. The van der Waals surface area contributed by atoms with Crippen LogP contribution in [0.5, 0.6) is 0 Å². The van der Waals surface area contributed by atoms with Crippen molar-refractivity contribution in [2.45, 2.75) is 25.7 Å². The molecule has 1 fully saturated rings. The lowest BCUT2D eigenvalue weighted by molar-refractivity contribution is 0.0518. The molecule has 2 rings (SSSR count). The first-order valence-electron chi connectivity index (χ1n) is 5.88. The zero-order valence-corrected chi connectivity index (χ0v) is 9.58. The second kappa shape index (κ2) is 5.16. The zero-order chi connectivity index (χ0) is 11.4. The Bertz CT molecular complexity index is 354. The lowest BCUT2D eigenvalue weighted by atomic mass is 9.90. The molecule has 0 bridgehead atoms. The molecule has 0 unspecified atom stereocenters. The molecule has 0 aromatic carbocycles. The van der Waals surface area contributed by atoms with E-state index >= 15 is 0 Å². The van der Waals surface area contributed by atoms with E-state index in [1.165, 1.54) is 0 Å². The molecular weight excluding hydrogens is 204 g/mol. The van der Waals surface area contributed by atoms with Gasteiger partial charge in [-0.05, 0) is 50.4 Å². The fourth-order valence-electron chi connectivity index (χ4n) is 2.23. The van der Waals surface area contributed by atoms with Gasteiger partial charge in [0.1, 0.15) is 5.69 Å². The minimum atomic E-state index is -0.235. The third kappa shape index (κ3) is 2.27. The number of aromatic amines is 1. The van der Waals surface area contributed by atoms with E-state index in [0.717, 1.165) is 31.5 Å². The molecule has 0 radical (unpaired) electrons. The molecule has 0 saturated carbocycles. The van der Waals surface area contributed by atoms with Crippen LogP contribution in [0.2, 0.25) is 0 Å². The maximum absolute atomic E-state index is 11.7. The predicted molar refractivity (Wildman–Crippen MR) is 61.6 cm³/mol. The summed E-state index contributed by atoms with van der Waals surface area (Å²) < 4.78 is 5.03. The molecule has 4 heteroatoms. The van der Waals surface area contributed by atoms with Gasteiger partial charge in [-0.15, -0.1) is 0 Å². The summed E-state index contributed by atoms with van der Waals surface area (Å²) in [7, 11) is 0. The minimum Gasteiger partial charge on any atom is -0.461 e. The second-order valence-electron chi connectivity index (χ2n) is 4.05. The van der Waals surface area contributed by atoms with Gasteiger partial charge in [0, 0.05) is 6.20 Å². The maximum Gasteiger partial charge on any atom is 0.355 e. The van der Waals surface area contributed by atoms with Crippen LogP contribution >= 0.6 is 0 Å². The Morgan fingerprint density at radius 3 is 2.94 bits per heavy atom. The smallest absolute Gasteiger partial charge is 0.355 e. The second-order valence-corrected chi connectivity index (χ2v) is 4.05. The lowest BCUT2D eigenvalue weighted by Crippen LogP contribution is -2.27. The average Bonchev–Trinajstić information content (AvgIpc) is 2.79. The number of nitrogens with one attached hydrogen (secondary N) is 2. The highest BCUT2D eigenvalue weighted by Gasteiger charge is 2.22. The Labute approximate surface area is 95.4 Å². The average molecular weight is 222 g/mol. The van der Waals surface area contributed by atoms with E-state index < -0.39 is 0 Å². The monoisotopic (exact) mass is 222 g/mol. The first-order valence-corrected chi connectivity index (χ1v) is 5.88. The number of carbonyl (C=O) groups excluding carboxylic acids is 1. The number of ether oxygens (including phenoxy) is 1. The molecule has 1 saturated heterocycles. The van der Waals surface area contributed by atoms with Gasteiger partial charge in [-0.25, -0.2) is 4.79 Å². The number of esters is 1. The standard InChI is InChI=1S/C12H18N2O2/c1-2-16-12(15)11-10(5-8-14-11)9-3-6-13-7-4-9/h5,8-9,13-14H,2-4,6-7H2,1H3. The summed E-state index contributed by atoms with van der Waals surface area (Å²) >= 11 is 0. The predicted octanol–water partition coefficient (Wildman–Crippen LogP) is 1.66. The Morgan fingerprint density at radius 1 is 1.50 bits per heavy atom. The van der Waals surface area contributed by atoms with E-state index in [0.29, 0.717) is 18.2 Å². The van der Waals surface area contributed by atoms with E-state index in [1.54, 1.807) is 0 Å². The molecule has 1 aliphatic rings. The topological polar surface area (TPSA) is 54.1 Å². The van der Waals surface area contributed by atoms with Gasteiger partial charge in [0.2, 0.25) is 0 Å². The summed E-state index contributed by atoms with van der Waals surface area (Å²) in [5.41, 5.74) is 1.74. The largest absolute Gasteiger partial charge is 0.461 e. The van der Waals surface area contributed by atoms with Gasteiger partial charge < -0.3 is 15.0 Å². The number of H-pyrrole nitrogens is 1. The van der Waals surface area contributed by atoms with E-state index in [9.17, 15) is 4.79 Å². The van der Waals surface area contributed by atoms with E-state index in [2.05, 4.69) is 10.3 Å². The number of rotatable bonds is 3. The highest BCUT2D eigenvalue weighted by atomic mass is 16.5. The van der Waals surface area contributed by atoms with Gasteiger partial charge in [-0.3, -0.25) is 0 Å². The van der Waals surface area contributed by atoms with Crippen molar-refractivity contribution in [1.29, 1.82) is 0 Å². The van der Waals surface area contributed by atoms with Crippen LogP contribution in [0, 0.1) is 0 Å². The van der Waals surface area contributed by atoms with Crippen LogP contribution in [0.25, 0.3) is 0 Å². The summed E-state index contributed by atoms with van der Waals surface area (Å²) in [6.45, 7) is 4.30. The van der Waals surface area contributed by atoms with E-state index in [1.807, 2.05) is 19.2 Å². The molecule has 1 aromatic heterocycles. The van der Waals surface area contributed by atoms with Gasteiger partial charge in [-0.1, -0.05) is 0 Å². The van der Waals surface area contributed by atoms with Crippen molar-refractivity contribution in [2.24, 2.45) is 0 Å². The van der Waals surface area contributed by atoms with Crippen molar-refractivity contribution in [2.75, 3.05) is 19.7 Å². The molecular formula is C12H18N2O2. The van der Waals surface area contributed by atoms with Crippen molar-refractivity contribution in [3.8, 4) is 0 Å². The Kier molecular flexibility index (Phi) is 3.62. The highest BCUT2D eigenvalue weighted by Crippen LogP contribution is 2.27. The van der Waals surface area contributed by atoms with E-state index in [4.69, 9.17) is 4.74 Å². The lowest BCUT2D eigenvalue weighted by Gasteiger charge is -2.22. The third-order valence-electron chi connectivity index (χ3n) is 3.04. The van der Waals surface area contributed by atoms with Gasteiger partial charge >= 0.3 is 5.97 Å². The molecule has 2 N–H and O–H groups in total. The van der Waals surface area contributed by atoms with Crippen LogP contribution in [-0.2, 0) is 4.74 Å². The molecule has 0 amide bonds. The van der Waals surface area contributed by atoms with Gasteiger partial charge in [-0.2, -0.15) is 0 Å². The van der Waals surface area contributed by atoms with Crippen molar-refractivity contribution in [1.82, 2.24) is 10.3 Å². The first kappa shape index (κ1) is 11.2. The number of carbonyl (C=O) groups is 1. The fraction of sp³-hybridized carbons (Fsp3) is 0.583. The molecule has 88 valence electrons. The van der Waals surface area contributed by atoms with Crippen molar-refractivity contribution in [3.63, 3.8) is 0 Å². The highest BCUT2D eigenvalue weighted by molar-refractivity contribution is 5.89. The number of hydrogen-bond donors (Lipinski definition) is 2. The maximum atomic E-state index is 11.7. The zero-order valence-electron chi connectivity index (χ0n) is 9.58. The molecule has 1 aromatic rings. The Hall–Kier alpha value is -1.29. The van der Waals surface area contributed by atoms with Crippen LogP contribution in [0.3, 0.4) is 0 Å². The van der Waals surface area contributed by atoms with Crippen LogP contribution in [-0.4, -0.2) is 30.6 Å². The van der Waals surface area contributed by atoms with Gasteiger partial charge in [0.05, 0.1) is 6.61 Å². The summed E-state index contributed by atoms with van der Waals surface area (Å²) in [4.78, 5) is 14.7. The number of aromatic nitrogens is 1. The number of piperidine rings is 1. The molecule has 0 spiro atoms. The van der Waals surface area contributed by atoms with Crippen molar-refractivity contribution in [3.05, 3.63) is 23.5 Å². The van der Waals surface area contributed by atoms with Crippen LogP contribution in [0.4, 0.5) is 0 Å². The Balaban J connectivity index is 2.14. The van der Waals surface area contributed by atoms with Crippen molar-refractivity contribution >= 4 is 5.97 Å². The van der Waals surface area contributed by atoms with Gasteiger partial charge in [0.25, 0.3) is 0 Å². The summed E-state index contributed by atoms with van der Waals surface area (Å²) in [6, 6.07) is 2.00. The number of hydrogen-bond acceptors (Lipinski definition) is 3. The summed E-state index contributed by atoms with van der Waals surface area (Å²) in [6.07, 6.45) is 4.00. The van der Waals surface area contributed by atoms with Crippen molar-refractivity contribution < 1.29 is 9.53 Å². The minimum absolute atomic E-state index is 0.235. The first-order chi connectivity index (χ1) is 7.83. The Morgan fingerprint density at radius 2 is 2.25 bits per heavy atom. The molecule has 0 aliphatic carbocycles.